The van der Waals surface area contributed by atoms with E-state index in [0.717, 1.165) is 52.4 Å². The van der Waals surface area contributed by atoms with Gasteiger partial charge in [-0.25, -0.2) is 0 Å². The number of hydrogen-bond donors (Lipinski definition) is 1. The molecule has 0 amide bonds. The molecule has 4 rings (SSSR count). The molecule has 0 aliphatic carbocycles. The van der Waals surface area contributed by atoms with Gasteiger partial charge >= 0.3 is 0 Å². The van der Waals surface area contributed by atoms with Crippen LogP contribution >= 0.6 is 12.4 Å². The Balaban J connectivity index is 0.00000132. The van der Waals surface area contributed by atoms with E-state index in [2.05, 4.69) is 16.3 Å². The summed E-state index contributed by atoms with van der Waals surface area (Å²) >= 11 is 0. The van der Waals surface area contributed by atoms with E-state index >= 15 is 0 Å². The summed E-state index contributed by atoms with van der Waals surface area (Å²) in [5, 5.41) is 3.59. The number of halogens is 1. The third-order valence-corrected chi connectivity index (χ3v) is 5.11. The van der Waals surface area contributed by atoms with Gasteiger partial charge in [-0.2, -0.15) is 0 Å². The second-order valence-corrected chi connectivity index (χ2v) is 6.23. The minimum Gasteiger partial charge on any atom is -0.379 e. The molecule has 3 aliphatic rings. The first-order valence-electron chi connectivity index (χ1n) is 7.52. The first kappa shape index (κ1) is 15.0. The molecular formula is C15H22ClN3O2. The van der Waals surface area contributed by atoms with Crippen LogP contribution in [0.4, 0.5) is 0 Å². The van der Waals surface area contributed by atoms with Gasteiger partial charge in [-0.15, -0.1) is 12.4 Å². The van der Waals surface area contributed by atoms with Gasteiger partial charge in [-0.05, 0) is 12.5 Å². The summed E-state index contributed by atoms with van der Waals surface area (Å²) in [5.74, 6) is 0.453. The normalized spacial score (nSPS) is 32.1. The van der Waals surface area contributed by atoms with Crippen molar-refractivity contribution in [3.05, 3.63) is 34.2 Å². The molecule has 0 spiro atoms. The molecule has 0 unspecified atom stereocenters. The van der Waals surface area contributed by atoms with Crippen molar-refractivity contribution in [2.45, 2.75) is 24.4 Å². The van der Waals surface area contributed by atoms with Gasteiger partial charge in [-0.1, -0.05) is 6.07 Å². The maximum atomic E-state index is 12.2. The number of pyridine rings is 1. The van der Waals surface area contributed by atoms with Gasteiger partial charge in [0, 0.05) is 50.4 Å². The molecule has 3 aliphatic heterocycles. The highest BCUT2D eigenvalue weighted by molar-refractivity contribution is 5.85. The van der Waals surface area contributed by atoms with Crippen LogP contribution < -0.4 is 10.9 Å². The molecular weight excluding hydrogens is 290 g/mol. The zero-order valence-corrected chi connectivity index (χ0v) is 12.9. The van der Waals surface area contributed by atoms with Gasteiger partial charge in [0.15, 0.2) is 0 Å². The molecule has 2 atom stereocenters. The van der Waals surface area contributed by atoms with Crippen molar-refractivity contribution in [1.29, 1.82) is 0 Å². The quantitative estimate of drug-likeness (QED) is 0.817. The number of nitrogens with zero attached hydrogens (tertiary/aromatic N) is 2. The fourth-order valence-corrected chi connectivity index (χ4v) is 4.15. The van der Waals surface area contributed by atoms with Gasteiger partial charge in [0.1, 0.15) is 0 Å². The summed E-state index contributed by atoms with van der Waals surface area (Å²) in [7, 11) is 0. The highest BCUT2D eigenvalue weighted by Crippen LogP contribution is 2.38. The Morgan fingerprint density at radius 2 is 2.10 bits per heavy atom. The number of ether oxygens (including phenoxy) is 1. The Morgan fingerprint density at radius 1 is 1.29 bits per heavy atom. The van der Waals surface area contributed by atoms with E-state index < -0.39 is 0 Å². The van der Waals surface area contributed by atoms with E-state index in [-0.39, 0.29) is 23.5 Å². The lowest BCUT2D eigenvalue weighted by atomic mass is 9.77. The summed E-state index contributed by atoms with van der Waals surface area (Å²) in [5.41, 5.74) is 1.44. The predicted molar refractivity (Wildman–Crippen MR) is 83.3 cm³/mol. The van der Waals surface area contributed by atoms with Gasteiger partial charge in [-0.3, -0.25) is 9.69 Å². The molecule has 1 aromatic rings. The number of nitrogens with one attached hydrogen (secondary N) is 1. The fraction of sp³-hybridized carbons (Fsp3) is 0.667. The number of morpholine rings is 1. The summed E-state index contributed by atoms with van der Waals surface area (Å²) in [4.78, 5) is 14.8. The molecule has 1 N–H and O–H groups in total. The first-order valence-corrected chi connectivity index (χ1v) is 7.52. The molecule has 0 saturated carbocycles. The van der Waals surface area contributed by atoms with Gasteiger partial charge in [0.05, 0.1) is 18.8 Å². The molecule has 21 heavy (non-hydrogen) atoms. The van der Waals surface area contributed by atoms with E-state index in [1.807, 2.05) is 10.6 Å². The molecule has 4 heterocycles. The zero-order chi connectivity index (χ0) is 13.6. The molecule has 6 heteroatoms. The topological polar surface area (TPSA) is 46.5 Å². The Bertz CT molecular complexity index is 570. The van der Waals surface area contributed by atoms with Crippen LogP contribution in [0.15, 0.2) is 23.0 Å². The third kappa shape index (κ3) is 2.42. The van der Waals surface area contributed by atoms with E-state index in [1.54, 1.807) is 6.07 Å². The molecule has 2 bridgehead atoms. The largest absolute Gasteiger partial charge is 0.379 e. The Labute approximate surface area is 130 Å². The summed E-state index contributed by atoms with van der Waals surface area (Å²) in [6.07, 6.45) is 1.16. The van der Waals surface area contributed by atoms with E-state index in [9.17, 15) is 4.79 Å². The SMILES string of the molecule is Cl.O=c1cccc2n1C[C@]1(N3CCOCC3)CNC[C@H]2C1. The third-order valence-electron chi connectivity index (χ3n) is 5.11. The van der Waals surface area contributed by atoms with Crippen LogP contribution in [0.25, 0.3) is 0 Å². The summed E-state index contributed by atoms with van der Waals surface area (Å²) in [6.45, 7) is 6.34. The minimum absolute atomic E-state index is 0. The summed E-state index contributed by atoms with van der Waals surface area (Å²) in [6, 6.07) is 5.69. The van der Waals surface area contributed by atoms with Crippen LogP contribution in [0.2, 0.25) is 0 Å². The van der Waals surface area contributed by atoms with Crippen molar-refractivity contribution in [3.63, 3.8) is 0 Å². The average molecular weight is 312 g/mol. The average Bonchev–Trinajstić information content (AvgIpc) is 2.50. The number of aromatic nitrogens is 1. The van der Waals surface area contributed by atoms with Crippen molar-refractivity contribution >= 4 is 12.4 Å². The standard InChI is InChI=1S/C15H21N3O2.ClH/c19-14-3-1-2-13-12-8-15(10-16-9-12,11-18(13)14)17-4-6-20-7-5-17;/h1-3,12,16H,4-11H2;1H/t12-,15-;/m1./s1. The molecule has 5 nitrogen and oxygen atoms in total. The number of hydrogen-bond acceptors (Lipinski definition) is 4. The van der Waals surface area contributed by atoms with Crippen molar-refractivity contribution in [1.82, 2.24) is 14.8 Å². The Kier molecular flexibility index (Phi) is 4.10. The Hall–Kier alpha value is -0.880. The lowest BCUT2D eigenvalue weighted by molar-refractivity contribution is -0.0491. The minimum atomic E-state index is 0. The Morgan fingerprint density at radius 3 is 2.90 bits per heavy atom. The highest BCUT2D eigenvalue weighted by atomic mass is 35.5. The molecule has 116 valence electrons. The van der Waals surface area contributed by atoms with Crippen molar-refractivity contribution < 1.29 is 4.74 Å². The maximum Gasteiger partial charge on any atom is 0.250 e. The molecule has 2 fully saturated rings. The number of fused-ring (bicyclic) bond motifs is 4. The van der Waals surface area contributed by atoms with E-state index in [0.29, 0.717) is 5.92 Å². The lowest BCUT2D eigenvalue weighted by Gasteiger charge is -2.53. The molecule has 0 radical (unpaired) electrons. The van der Waals surface area contributed by atoms with Crippen LogP contribution in [0.3, 0.4) is 0 Å². The van der Waals surface area contributed by atoms with E-state index in [1.165, 1.54) is 5.69 Å². The van der Waals surface area contributed by atoms with Crippen LogP contribution in [0.1, 0.15) is 18.0 Å². The monoisotopic (exact) mass is 311 g/mol. The summed E-state index contributed by atoms with van der Waals surface area (Å²) < 4.78 is 7.49. The first-order chi connectivity index (χ1) is 9.78. The fourth-order valence-electron chi connectivity index (χ4n) is 4.15. The van der Waals surface area contributed by atoms with E-state index in [4.69, 9.17) is 4.74 Å². The van der Waals surface area contributed by atoms with Crippen LogP contribution in [-0.4, -0.2) is 54.4 Å². The number of piperidine rings is 1. The lowest BCUT2D eigenvalue weighted by Crippen LogP contribution is -2.66. The van der Waals surface area contributed by atoms with Crippen LogP contribution in [0.5, 0.6) is 0 Å². The van der Waals surface area contributed by atoms with Gasteiger partial charge in [0.2, 0.25) is 0 Å². The van der Waals surface area contributed by atoms with Crippen molar-refractivity contribution in [2.24, 2.45) is 0 Å². The molecule has 0 aromatic carbocycles. The van der Waals surface area contributed by atoms with Crippen molar-refractivity contribution in [2.75, 3.05) is 39.4 Å². The smallest absolute Gasteiger partial charge is 0.250 e. The van der Waals surface area contributed by atoms with Gasteiger partial charge < -0.3 is 14.6 Å². The predicted octanol–water partition coefficient (Wildman–Crippen LogP) is 0.432. The highest BCUT2D eigenvalue weighted by Gasteiger charge is 2.46. The molecule has 1 aromatic heterocycles. The molecule has 2 saturated heterocycles. The van der Waals surface area contributed by atoms with Gasteiger partial charge in [0.25, 0.3) is 5.56 Å². The zero-order valence-electron chi connectivity index (χ0n) is 12.1. The van der Waals surface area contributed by atoms with Crippen molar-refractivity contribution in [3.8, 4) is 0 Å². The van der Waals surface area contributed by atoms with Crippen LogP contribution in [-0.2, 0) is 11.3 Å². The maximum absolute atomic E-state index is 12.2. The van der Waals surface area contributed by atoms with Crippen LogP contribution in [0, 0.1) is 0 Å². The second kappa shape index (κ2) is 5.72. The number of rotatable bonds is 1. The second-order valence-electron chi connectivity index (χ2n) is 6.23.